The maximum absolute atomic E-state index is 12.6. The fourth-order valence-corrected chi connectivity index (χ4v) is 2.84. The largest absolute Gasteiger partial charge is 0.497 e. The molecule has 0 saturated heterocycles. The molecule has 0 fully saturated rings. The van der Waals surface area contributed by atoms with Crippen LogP contribution in [0.3, 0.4) is 0 Å². The Hall–Kier alpha value is -3.60. The molecule has 0 radical (unpaired) electrons. The molecular formula is C22H18N2O3. The van der Waals surface area contributed by atoms with E-state index >= 15 is 0 Å². The van der Waals surface area contributed by atoms with Gasteiger partial charge in [0.2, 0.25) is 5.89 Å². The van der Waals surface area contributed by atoms with Crippen LogP contribution in [0.15, 0.2) is 71.1 Å². The summed E-state index contributed by atoms with van der Waals surface area (Å²) in [6, 6.07) is 20.4. The summed E-state index contributed by atoms with van der Waals surface area (Å²) in [4.78, 5) is 17.1. The van der Waals surface area contributed by atoms with Crippen molar-refractivity contribution in [2.75, 3.05) is 12.4 Å². The van der Waals surface area contributed by atoms with Gasteiger partial charge in [0.25, 0.3) is 5.91 Å². The van der Waals surface area contributed by atoms with Crippen molar-refractivity contribution in [3.63, 3.8) is 0 Å². The molecule has 0 saturated carbocycles. The molecule has 1 aromatic heterocycles. The Balaban J connectivity index is 1.65. The number of aromatic nitrogens is 1. The molecule has 0 aliphatic carbocycles. The van der Waals surface area contributed by atoms with Gasteiger partial charge in [0.1, 0.15) is 11.3 Å². The molecule has 0 atom stereocenters. The topological polar surface area (TPSA) is 64.4 Å². The Morgan fingerprint density at radius 1 is 1.04 bits per heavy atom. The van der Waals surface area contributed by atoms with Gasteiger partial charge in [-0.25, -0.2) is 4.98 Å². The van der Waals surface area contributed by atoms with Gasteiger partial charge in [0, 0.05) is 16.8 Å². The third kappa shape index (κ3) is 3.40. The summed E-state index contributed by atoms with van der Waals surface area (Å²) >= 11 is 0. The van der Waals surface area contributed by atoms with Gasteiger partial charge in [-0.15, -0.1) is 0 Å². The third-order valence-corrected chi connectivity index (χ3v) is 4.36. The maximum atomic E-state index is 12.6. The van der Waals surface area contributed by atoms with Crippen molar-refractivity contribution in [3.05, 3.63) is 77.9 Å². The monoisotopic (exact) mass is 358 g/mol. The lowest BCUT2D eigenvalue weighted by molar-refractivity contribution is 0.102. The highest BCUT2D eigenvalue weighted by molar-refractivity contribution is 6.05. The van der Waals surface area contributed by atoms with Crippen LogP contribution >= 0.6 is 0 Å². The van der Waals surface area contributed by atoms with E-state index in [1.165, 1.54) is 0 Å². The van der Waals surface area contributed by atoms with E-state index in [0.717, 1.165) is 22.2 Å². The first-order chi connectivity index (χ1) is 13.1. The summed E-state index contributed by atoms with van der Waals surface area (Å²) < 4.78 is 11.0. The van der Waals surface area contributed by atoms with E-state index in [-0.39, 0.29) is 5.91 Å². The number of methoxy groups -OCH3 is 1. The van der Waals surface area contributed by atoms with E-state index in [1.807, 2.05) is 49.4 Å². The molecule has 5 nitrogen and oxygen atoms in total. The second-order valence-corrected chi connectivity index (χ2v) is 6.20. The van der Waals surface area contributed by atoms with Crippen molar-refractivity contribution < 1.29 is 13.9 Å². The molecular weight excluding hydrogens is 340 g/mol. The van der Waals surface area contributed by atoms with Crippen molar-refractivity contribution in [1.82, 2.24) is 4.98 Å². The average Bonchev–Trinajstić information content (AvgIpc) is 3.14. The highest BCUT2D eigenvalue weighted by Crippen LogP contribution is 2.28. The molecule has 1 heterocycles. The number of amides is 1. The fraction of sp³-hybridized carbons (Fsp3) is 0.0909. The Morgan fingerprint density at radius 2 is 1.89 bits per heavy atom. The second-order valence-electron chi connectivity index (χ2n) is 6.20. The van der Waals surface area contributed by atoms with Crippen LogP contribution in [0.4, 0.5) is 5.69 Å². The number of fused-ring (bicyclic) bond motifs is 1. The first-order valence-corrected chi connectivity index (χ1v) is 8.56. The Bertz CT molecular complexity index is 1100. The molecule has 5 heteroatoms. The highest BCUT2D eigenvalue weighted by Gasteiger charge is 2.12. The molecule has 0 spiro atoms. The van der Waals surface area contributed by atoms with Gasteiger partial charge in [-0.2, -0.15) is 0 Å². The lowest BCUT2D eigenvalue weighted by atomic mass is 10.1. The number of nitrogens with one attached hydrogen (secondary N) is 1. The van der Waals surface area contributed by atoms with Gasteiger partial charge >= 0.3 is 0 Å². The van der Waals surface area contributed by atoms with Gasteiger partial charge in [-0.05, 0) is 55.0 Å². The van der Waals surface area contributed by atoms with Gasteiger partial charge in [-0.1, -0.05) is 24.3 Å². The van der Waals surface area contributed by atoms with E-state index in [2.05, 4.69) is 10.3 Å². The van der Waals surface area contributed by atoms with Crippen molar-refractivity contribution in [3.8, 4) is 17.2 Å². The minimum atomic E-state index is -0.202. The summed E-state index contributed by atoms with van der Waals surface area (Å²) in [6.45, 7) is 1.94. The molecule has 0 bridgehead atoms. The summed E-state index contributed by atoms with van der Waals surface area (Å²) in [5.74, 6) is 0.958. The molecule has 0 aliphatic heterocycles. The molecule has 134 valence electrons. The predicted molar refractivity (Wildman–Crippen MR) is 105 cm³/mol. The molecule has 4 aromatic rings. The summed E-state index contributed by atoms with van der Waals surface area (Å²) in [6.07, 6.45) is 0. The fourth-order valence-electron chi connectivity index (χ4n) is 2.84. The quantitative estimate of drug-likeness (QED) is 0.553. The minimum absolute atomic E-state index is 0.202. The van der Waals surface area contributed by atoms with Crippen molar-refractivity contribution in [1.29, 1.82) is 0 Å². The molecule has 4 rings (SSSR count). The number of carbonyl (C=O) groups excluding carboxylic acids is 1. The smallest absolute Gasteiger partial charge is 0.255 e. The first kappa shape index (κ1) is 16.8. The molecule has 27 heavy (non-hydrogen) atoms. The zero-order chi connectivity index (χ0) is 18.8. The van der Waals surface area contributed by atoms with Crippen molar-refractivity contribution in [2.45, 2.75) is 6.92 Å². The number of nitrogens with zero attached hydrogens (tertiary/aromatic N) is 1. The standard InChI is InChI=1S/C22H18N2O3/c1-14-10-11-16(22-24-18-8-3-4-9-20(18)27-22)13-19(14)23-21(25)15-6-5-7-17(12-15)26-2/h3-13H,1-2H3,(H,23,25). The molecule has 1 N–H and O–H groups in total. The SMILES string of the molecule is COc1cccc(C(=O)Nc2cc(-c3nc4ccccc4o3)ccc2C)c1. The van der Waals surface area contributed by atoms with Crippen molar-refractivity contribution >= 4 is 22.7 Å². The Morgan fingerprint density at radius 3 is 2.70 bits per heavy atom. The normalized spacial score (nSPS) is 10.7. The molecule has 0 unspecified atom stereocenters. The predicted octanol–water partition coefficient (Wildman–Crippen LogP) is 5.06. The van der Waals surface area contributed by atoms with Gasteiger partial charge in [0.15, 0.2) is 5.58 Å². The minimum Gasteiger partial charge on any atom is -0.497 e. The van der Waals surface area contributed by atoms with E-state index < -0.39 is 0 Å². The van der Waals surface area contributed by atoms with Crippen LogP contribution in [0.2, 0.25) is 0 Å². The van der Waals surface area contributed by atoms with Gasteiger partial charge in [0.05, 0.1) is 7.11 Å². The Labute approximate surface area is 156 Å². The maximum Gasteiger partial charge on any atom is 0.255 e. The first-order valence-electron chi connectivity index (χ1n) is 8.56. The molecule has 0 aliphatic rings. The summed E-state index contributed by atoms with van der Waals surface area (Å²) in [5.41, 5.74) is 4.53. The number of oxazole rings is 1. The number of carbonyl (C=O) groups is 1. The number of anilines is 1. The number of hydrogen-bond donors (Lipinski definition) is 1. The van der Waals surface area contributed by atoms with Gasteiger partial charge in [-0.3, -0.25) is 4.79 Å². The number of ether oxygens (including phenoxy) is 1. The average molecular weight is 358 g/mol. The number of rotatable bonds is 4. The highest BCUT2D eigenvalue weighted by atomic mass is 16.5. The van der Waals surface area contributed by atoms with E-state index in [9.17, 15) is 4.79 Å². The number of benzene rings is 3. The van der Waals surface area contributed by atoms with Crippen LogP contribution in [0.5, 0.6) is 5.75 Å². The van der Waals surface area contributed by atoms with E-state index in [0.29, 0.717) is 22.9 Å². The van der Waals surface area contributed by atoms with Crippen LogP contribution in [-0.2, 0) is 0 Å². The van der Waals surface area contributed by atoms with Crippen LogP contribution in [-0.4, -0.2) is 18.0 Å². The van der Waals surface area contributed by atoms with Gasteiger partial charge < -0.3 is 14.5 Å². The van der Waals surface area contributed by atoms with E-state index in [1.54, 1.807) is 31.4 Å². The Kier molecular flexibility index (Phi) is 4.34. The van der Waals surface area contributed by atoms with Crippen LogP contribution < -0.4 is 10.1 Å². The number of hydrogen-bond acceptors (Lipinski definition) is 4. The zero-order valence-corrected chi connectivity index (χ0v) is 15.0. The third-order valence-electron chi connectivity index (χ3n) is 4.36. The van der Waals surface area contributed by atoms with Crippen LogP contribution in [0.25, 0.3) is 22.6 Å². The zero-order valence-electron chi connectivity index (χ0n) is 15.0. The van der Waals surface area contributed by atoms with Crippen molar-refractivity contribution in [2.24, 2.45) is 0 Å². The molecule has 3 aromatic carbocycles. The summed E-state index contributed by atoms with van der Waals surface area (Å²) in [7, 11) is 1.57. The van der Waals surface area contributed by atoms with Crippen LogP contribution in [0.1, 0.15) is 15.9 Å². The summed E-state index contributed by atoms with van der Waals surface area (Å²) in [5, 5.41) is 2.96. The second kappa shape index (κ2) is 6.96. The lowest BCUT2D eigenvalue weighted by Crippen LogP contribution is -2.12. The number of aryl methyl sites for hydroxylation is 1. The lowest BCUT2D eigenvalue weighted by Gasteiger charge is -2.10. The number of para-hydroxylation sites is 2. The van der Waals surface area contributed by atoms with Crippen LogP contribution in [0, 0.1) is 6.92 Å². The molecule has 1 amide bonds. The van der Waals surface area contributed by atoms with E-state index in [4.69, 9.17) is 9.15 Å².